The molecule has 2 saturated heterocycles. The second-order valence-corrected chi connectivity index (χ2v) is 15.6. The molecule has 0 spiro atoms. The van der Waals surface area contributed by atoms with Gasteiger partial charge in [0.05, 0.1) is 24.6 Å². The van der Waals surface area contributed by atoms with Crippen LogP contribution in [0.15, 0.2) is 36.5 Å². The van der Waals surface area contributed by atoms with Crippen LogP contribution in [0.2, 0.25) is 0 Å². The van der Waals surface area contributed by atoms with E-state index < -0.39 is 28.7 Å². The number of β-amino-alcohol motifs (C(OH)–C–C–N with tert-alkyl or cyclic N) is 1. The molecule has 1 atom stereocenters. The number of nitrogens with one attached hydrogen (secondary N) is 2. The number of fused-ring (bicyclic) bond motifs is 1. The molecule has 3 aliphatic heterocycles. The normalized spacial score (nSPS) is 18.1. The van der Waals surface area contributed by atoms with E-state index >= 15 is 0 Å². The minimum atomic E-state index is -3.50. The number of hydrogen-bond acceptors (Lipinski definition) is 9. The second kappa shape index (κ2) is 15.6. The number of carbonyl (C=O) groups is 3. The van der Waals surface area contributed by atoms with Gasteiger partial charge < -0.3 is 25.5 Å². The summed E-state index contributed by atoms with van der Waals surface area (Å²) in [5, 5.41) is 21.5. The van der Waals surface area contributed by atoms with E-state index in [9.17, 15) is 32.3 Å². The number of likely N-dealkylation sites (tertiary alicyclic amines) is 2. The van der Waals surface area contributed by atoms with Crippen LogP contribution in [0.4, 0.5) is 10.2 Å². The molecule has 2 fully saturated rings. The Bertz CT molecular complexity index is 1890. The zero-order valence-electron chi connectivity index (χ0n) is 29.0. The molecule has 14 nitrogen and oxygen atoms in total. The second-order valence-electron chi connectivity index (χ2n) is 13.6. The minimum Gasteiger partial charge on any atom is -0.390 e. The number of sulfonamides is 1. The van der Waals surface area contributed by atoms with Crippen LogP contribution in [-0.2, 0) is 52.3 Å². The van der Waals surface area contributed by atoms with Crippen LogP contribution < -0.4 is 10.6 Å². The molecule has 1 aromatic carbocycles. The lowest BCUT2D eigenvalue weighted by molar-refractivity contribution is -0.130. The number of aromatic nitrogens is 3. The molecule has 0 saturated carbocycles. The number of alkyl halides is 1. The van der Waals surface area contributed by atoms with E-state index in [4.69, 9.17) is 5.10 Å². The number of nitrogens with zero attached hydrogens (tertiary/aromatic N) is 6. The maximum Gasteiger partial charge on any atom is 0.251 e. The molecule has 3 N–H and O–H groups in total. The standard InChI is InChI=1S/C35H45FN8O6S/c1-23(45)39-32-17-25(7-11-37-32)35(48)38-19-27-16-24(5-6-26(27)18-36)34-30-22-42(51(2,49)50)15-10-31(30)44(40-34)21-29(46)20-41-13-8-28(9-14-41)43-12-3-4-33(43)47/h5-7,11,16-17,28-29,46H,3-4,8-10,12-15,18-22H2,1-2H3,(H,38,48)(H,37,39,45). The molecule has 16 heteroatoms. The zero-order chi connectivity index (χ0) is 36.3. The Morgan fingerprint density at radius 3 is 2.53 bits per heavy atom. The first kappa shape index (κ1) is 36.5. The van der Waals surface area contributed by atoms with Gasteiger partial charge in [0.15, 0.2) is 0 Å². The molecule has 0 bridgehead atoms. The van der Waals surface area contributed by atoms with Crippen LogP contribution in [-0.4, -0.2) is 111 Å². The molecule has 51 heavy (non-hydrogen) atoms. The van der Waals surface area contributed by atoms with Gasteiger partial charge in [-0.3, -0.25) is 19.1 Å². The van der Waals surface area contributed by atoms with Gasteiger partial charge in [0.2, 0.25) is 21.8 Å². The number of anilines is 1. The van der Waals surface area contributed by atoms with Crippen LogP contribution in [0, 0.1) is 0 Å². The fraction of sp³-hybridized carbons (Fsp3) is 0.514. The van der Waals surface area contributed by atoms with Gasteiger partial charge in [-0.2, -0.15) is 9.40 Å². The number of amides is 3. The summed E-state index contributed by atoms with van der Waals surface area (Å²) in [5.41, 5.74) is 3.91. The molecular formula is C35H45FN8O6S. The summed E-state index contributed by atoms with van der Waals surface area (Å²) < 4.78 is 42.5. The summed E-state index contributed by atoms with van der Waals surface area (Å²) in [6, 6.07) is 8.33. The van der Waals surface area contributed by atoms with E-state index in [1.54, 1.807) is 22.9 Å². The molecule has 6 rings (SSSR count). The summed E-state index contributed by atoms with van der Waals surface area (Å²) in [6.07, 6.45) is 5.55. The van der Waals surface area contributed by atoms with Crippen LogP contribution >= 0.6 is 0 Å². The quantitative estimate of drug-likeness (QED) is 0.253. The number of rotatable bonds is 12. The lowest BCUT2D eigenvalue weighted by Crippen LogP contribution is -2.47. The molecule has 1 unspecified atom stereocenters. The predicted octanol–water partition coefficient (Wildman–Crippen LogP) is 2.07. The minimum absolute atomic E-state index is 0.00338. The highest BCUT2D eigenvalue weighted by Gasteiger charge is 2.33. The van der Waals surface area contributed by atoms with Crippen LogP contribution in [0.25, 0.3) is 11.3 Å². The highest BCUT2D eigenvalue weighted by Crippen LogP contribution is 2.33. The van der Waals surface area contributed by atoms with Crippen LogP contribution in [0.1, 0.15) is 65.3 Å². The number of benzene rings is 1. The third kappa shape index (κ3) is 8.63. The Kier molecular flexibility index (Phi) is 11.1. The fourth-order valence-electron chi connectivity index (χ4n) is 7.32. The van der Waals surface area contributed by atoms with Gasteiger partial charge in [0.1, 0.15) is 12.5 Å². The van der Waals surface area contributed by atoms with Crippen molar-refractivity contribution < 1.29 is 32.3 Å². The number of piperidine rings is 1. The largest absolute Gasteiger partial charge is 0.390 e. The number of halogens is 1. The van der Waals surface area contributed by atoms with E-state index in [-0.39, 0.29) is 55.4 Å². The molecule has 3 aliphatic rings. The predicted molar refractivity (Wildman–Crippen MR) is 188 cm³/mol. The van der Waals surface area contributed by atoms with E-state index in [2.05, 4.69) is 20.5 Å². The Balaban J connectivity index is 1.19. The molecule has 5 heterocycles. The average molecular weight is 725 g/mol. The number of hydrogen-bond donors (Lipinski definition) is 3. The number of aliphatic hydroxyl groups excluding tert-OH is 1. The first-order valence-electron chi connectivity index (χ1n) is 17.3. The first-order chi connectivity index (χ1) is 24.4. The monoisotopic (exact) mass is 724 g/mol. The molecule has 3 amide bonds. The lowest BCUT2D eigenvalue weighted by Gasteiger charge is -2.37. The summed E-state index contributed by atoms with van der Waals surface area (Å²) >= 11 is 0. The van der Waals surface area contributed by atoms with Gasteiger partial charge >= 0.3 is 0 Å². The highest BCUT2D eigenvalue weighted by atomic mass is 32.2. The van der Waals surface area contributed by atoms with Gasteiger partial charge in [-0.15, -0.1) is 0 Å². The Morgan fingerprint density at radius 1 is 1.06 bits per heavy atom. The average Bonchev–Trinajstić information content (AvgIpc) is 3.69. The third-order valence-electron chi connectivity index (χ3n) is 9.92. The lowest BCUT2D eigenvalue weighted by atomic mass is 9.98. The van der Waals surface area contributed by atoms with Crippen LogP contribution in [0.3, 0.4) is 0 Å². The molecular weight excluding hydrogens is 680 g/mol. The number of aliphatic hydroxyl groups is 1. The summed E-state index contributed by atoms with van der Waals surface area (Å²) in [6.45, 7) is 4.03. The van der Waals surface area contributed by atoms with Crippen molar-refractivity contribution in [2.24, 2.45) is 0 Å². The number of pyridine rings is 1. The van der Waals surface area contributed by atoms with E-state index in [1.807, 2.05) is 4.90 Å². The SMILES string of the molecule is CC(=O)Nc1cc(C(=O)NCc2cc(-c3nn(CC(O)CN4CCC(N5CCCC5=O)CC4)c4c3CN(S(C)(=O)=O)CC4)ccc2CF)ccn1. The van der Waals surface area contributed by atoms with Gasteiger partial charge in [0, 0.05) is 100 Å². The molecule has 0 radical (unpaired) electrons. The molecule has 0 aliphatic carbocycles. The Hall–Kier alpha value is -4.25. The first-order valence-corrected chi connectivity index (χ1v) is 19.2. The van der Waals surface area contributed by atoms with Gasteiger partial charge in [-0.1, -0.05) is 12.1 Å². The van der Waals surface area contributed by atoms with Crippen molar-refractivity contribution in [1.82, 2.24) is 34.2 Å². The van der Waals surface area contributed by atoms with Crippen molar-refractivity contribution in [2.45, 2.75) is 77.5 Å². The van der Waals surface area contributed by atoms with Gasteiger partial charge in [0.25, 0.3) is 5.91 Å². The topological polar surface area (TPSA) is 170 Å². The van der Waals surface area contributed by atoms with E-state index in [0.717, 1.165) is 50.2 Å². The van der Waals surface area contributed by atoms with Crippen LogP contribution in [0.5, 0.6) is 0 Å². The van der Waals surface area contributed by atoms with Crippen molar-refractivity contribution in [3.63, 3.8) is 0 Å². The van der Waals surface area contributed by atoms with Crippen molar-refractivity contribution >= 4 is 33.6 Å². The fourth-order valence-corrected chi connectivity index (χ4v) is 8.11. The maximum absolute atomic E-state index is 14.2. The van der Waals surface area contributed by atoms with Crippen molar-refractivity contribution in [3.8, 4) is 11.3 Å². The summed E-state index contributed by atoms with van der Waals surface area (Å²) in [4.78, 5) is 44.9. The van der Waals surface area contributed by atoms with E-state index in [1.165, 1.54) is 35.8 Å². The molecule has 3 aromatic rings. The van der Waals surface area contributed by atoms with Gasteiger partial charge in [-0.25, -0.2) is 17.8 Å². The van der Waals surface area contributed by atoms with E-state index in [0.29, 0.717) is 41.8 Å². The Labute approximate surface area is 297 Å². The zero-order valence-corrected chi connectivity index (χ0v) is 29.8. The molecule has 2 aromatic heterocycles. The number of carbonyl (C=O) groups excluding carboxylic acids is 3. The summed E-state index contributed by atoms with van der Waals surface area (Å²) in [7, 11) is -3.50. The van der Waals surface area contributed by atoms with Crippen molar-refractivity contribution in [3.05, 3.63) is 64.5 Å². The third-order valence-corrected chi connectivity index (χ3v) is 11.2. The molecule has 274 valence electrons. The van der Waals surface area contributed by atoms with Crippen molar-refractivity contribution in [1.29, 1.82) is 0 Å². The highest BCUT2D eigenvalue weighted by molar-refractivity contribution is 7.88. The van der Waals surface area contributed by atoms with Crippen molar-refractivity contribution in [2.75, 3.05) is 44.3 Å². The summed E-state index contributed by atoms with van der Waals surface area (Å²) in [5.74, 6) is -0.292. The maximum atomic E-state index is 14.2. The van der Waals surface area contributed by atoms with Gasteiger partial charge in [-0.05, 0) is 48.6 Å². The Morgan fingerprint density at radius 2 is 1.84 bits per heavy atom. The smallest absolute Gasteiger partial charge is 0.251 e.